The molecule has 0 spiro atoms. The second kappa shape index (κ2) is 9.31. The maximum Gasteiger partial charge on any atom is 0.240 e. The Hall–Kier alpha value is -0.870. The Morgan fingerprint density at radius 1 is 1.00 bits per heavy atom. The van der Waals surface area contributed by atoms with Crippen LogP contribution in [0.25, 0.3) is 0 Å². The standard InChI is InChI=1S/C18H31NO2S/c1-5-6-10-17-11-13-18(14-12-17)22(20,21)19-16(4)9-7-8-15(2)3/h11-16,19H,5-10H2,1-4H3. The van der Waals surface area contributed by atoms with Gasteiger partial charge in [0.25, 0.3) is 0 Å². The summed E-state index contributed by atoms with van der Waals surface area (Å²) in [5.41, 5.74) is 1.20. The summed E-state index contributed by atoms with van der Waals surface area (Å²) in [5, 5.41) is 0. The van der Waals surface area contributed by atoms with Crippen LogP contribution < -0.4 is 4.72 Å². The van der Waals surface area contributed by atoms with Crippen LogP contribution in [0, 0.1) is 5.92 Å². The molecule has 1 N–H and O–H groups in total. The normalized spacial score (nSPS) is 13.5. The summed E-state index contributed by atoms with van der Waals surface area (Å²) in [6.07, 6.45) is 6.37. The van der Waals surface area contributed by atoms with Crippen molar-refractivity contribution in [1.29, 1.82) is 0 Å². The quantitative estimate of drug-likeness (QED) is 0.687. The lowest BCUT2D eigenvalue weighted by molar-refractivity contribution is 0.488. The first kappa shape index (κ1) is 19.2. The maximum absolute atomic E-state index is 12.4. The SMILES string of the molecule is CCCCc1ccc(S(=O)(=O)NC(C)CCCC(C)C)cc1. The Bertz CT molecular complexity index is 521. The molecule has 1 aromatic rings. The minimum atomic E-state index is -3.40. The molecule has 0 aromatic heterocycles. The molecular weight excluding hydrogens is 294 g/mol. The van der Waals surface area contributed by atoms with Crippen LogP contribution in [-0.4, -0.2) is 14.5 Å². The molecule has 126 valence electrons. The maximum atomic E-state index is 12.4. The third kappa shape index (κ3) is 6.93. The molecule has 0 amide bonds. The van der Waals surface area contributed by atoms with E-state index in [2.05, 4.69) is 25.5 Å². The highest BCUT2D eigenvalue weighted by atomic mass is 32.2. The zero-order chi connectivity index (χ0) is 16.6. The largest absolute Gasteiger partial charge is 0.240 e. The summed E-state index contributed by atoms with van der Waals surface area (Å²) < 4.78 is 27.5. The fourth-order valence-electron chi connectivity index (χ4n) is 2.44. The first-order valence-electron chi connectivity index (χ1n) is 8.46. The summed E-state index contributed by atoms with van der Waals surface area (Å²) in [6.45, 7) is 8.47. The highest BCUT2D eigenvalue weighted by Gasteiger charge is 2.17. The van der Waals surface area contributed by atoms with Crippen LogP contribution in [-0.2, 0) is 16.4 Å². The van der Waals surface area contributed by atoms with E-state index in [1.165, 1.54) is 5.56 Å². The van der Waals surface area contributed by atoms with Gasteiger partial charge in [0.05, 0.1) is 4.90 Å². The van der Waals surface area contributed by atoms with Gasteiger partial charge in [0.1, 0.15) is 0 Å². The molecule has 3 nitrogen and oxygen atoms in total. The minimum absolute atomic E-state index is 0.0245. The Kier molecular flexibility index (Phi) is 8.12. The Morgan fingerprint density at radius 3 is 2.18 bits per heavy atom. The van der Waals surface area contributed by atoms with Crippen molar-refractivity contribution in [3.05, 3.63) is 29.8 Å². The van der Waals surface area contributed by atoms with Gasteiger partial charge in [-0.05, 0) is 49.8 Å². The van der Waals surface area contributed by atoms with E-state index < -0.39 is 10.0 Å². The van der Waals surface area contributed by atoms with Gasteiger partial charge in [-0.25, -0.2) is 13.1 Å². The second-order valence-electron chi connectivity index (χ2n) is 6.59. The molecule has 1 atom stereocenters. The third-order valence-electron chi connectivity index (χ3n) is 3.83. The zero-order valence-corrected chi connectivity index (χ0v) is 15.2. The van der Waals surface area contributed by atoms with E-state index >= 15 is 0 Å². The summed E-state index contributed by atoms with van der Waals surface area (Å²) >= 11 is 0. The van der Waals surface area contributed by atoms with E-state index in [9.17, 15) is 8.42 Å². The topological polar surface area (TPSA) is 46.2 Å². The number of benzene rings is 1. The fraction of sp³-hybridized carbons (Fsp3) is 0.667. The number of nitrogens with one attached hydrogen (secondary N) is 1. The molecule has 1 rings (SSSR count). The summed E-state index contributed by atoms with van der Waals surface area (Å²) in [6, 6.07) is 7.26. The Balaban J connectivity index is 2.58. The highest BCUT2D eigenvalue weighted by Crippen LogP contribution is 2.14. The Labute approximate surface area is 136 Å². The average Bonchev–Trinajstić information content (AvgIpc) is 2.44. The number of aryl methyl sites for hydroxylation is 1. The van der Waals surface area contributed by atoms with E-state index in [1.807, 2.05) is 19.1 Å². The van der Waals surface area contributed by atoms with Gasteiger partial charge in [-0.1, -0.05) is 52.2 Å². The first-order valence-corrected chi connectivity index (χ1v) is 9.94. The molecule has 1 unspecified atom stereocenters. The molecule has 4 heteroatoms. The minimum Gasteiger partial charge on any atom is -0.208 e. The molecule has 0 saturated carbocycles. The van der Waals surface area contributed by atoms with Crippen LogP contribution in [0.2, 0.25) is 0 Å². The van der Waals surface area contributed by atoms with Crippen molar-refractivity contribution in [2.24, 2.45) is 5.92 Å². The monoisotopic (exact) mass is 325 g/mol. The summed E-state index contributed by atoms with van der Waals surface area (Å²) in [7, 11) is -3.40. The van der Waals surface area contributed by atoms with Crippen LogP contribution in [0.15, 0.2) is 29.2 Å². The third-order valence-corrected chi connectivity index (χ3v) is 5.43. The number of hydrogen-bond donors (Lipinski definition) is 1. The molecular formula is C18H31NO2S. The first-order chi connectivity index (χ1) is 10.3. The van der Waals surface area contributed by atoms with E-state index in [-0.39, 0.29) is 6.04 Å². The molecule has 0 heterocycles. The molecule has 0 bridgehead atoms. The van der Waals surface area contributed by atoms with Gasteiger partial charge in [0.15, 0.2) is 0 Å². The van der Waals surface area contributed by atoms with Crippen LogP contribution in [0.1, 0.15) is 65.4 Å². The van der Waals surface area contributed by atoms with Gasteiger partial charge in [0.2, 0.25) is 10.0 Å². The van der Waals surface area contributed by atoms with E-state index in [1.54, 1.807) is 12.1 Å². The fourth-order valence-corrected chi connectivity index (χ4v) is 3.72. The van der Waals surface area contributed by atoms with Crippen molar-refractivity contribution in [2.75, 3.05) is 0 Å². The average molecular weight is 326 g/mol. The van der Waals surface area contributed by atoms with Crippen LogP contribution in [0.5, 0.6) is 0 Å². The van der Waals surface area contributed by atoms with Gasteiger partial charge in [-0.3, -0.25) is 0 Å². The molecule has 0 aliphatic heterocycles. The molecule has 1 aromatic carbocycles. The number of unbranched alkanes of at least 4 members (excludes halogenated alkanes) is 1. The van der Waals surface area contributed by atoms with Gasteiger partial charge >= 0.3 is 0 Å². The molecule has 0 saturated heterocycles. The van der Waals surface area contributed by atoms with Crippen molar-refractivity contribution in [3.63, 3.8) is 0 Å². The zero-order valence-electron chi connectivity index (χ0n) is 14.4. The van der Waals surface area contributed by atoms with Crippen molar-refractivity contribution in [3.8, 4) is 0 Å². The molecule has 0 aliphatic carbocycles. The van der Waals surface area contributed by atoms with Gasteiger partial charge in [-0.2, -0.15) is 0 Å². The number of rotatable bonds is 10. The summed E-state index contributed by atoms with van der Waals surface area (Å²) in [4.78, 5) is 0.364. The molecule has 22 heavy (non-hydrogen) atoms. The predicted molar refractivity (Wildman–Crippen MR) is 93.5 cm³/mol. The smallest absolute Gasteiger partial charge is 0.208 e. The van der Waals surface area contributed by atoms with E-state index in [4.69, 9.17) is 0 Å². The van der Waals surface area contributed by atoms with E-state index in [0.29, 0.717) is 10.8 Å². The summed E-state index contributed by atoms with van der Waals surface area (Å²) in [5.74, 6) is 0.666. The molecule has 0 aliphatic rings. The molecule has 0 radical (unpaired) electrons. The lowest BCUT2D eigenvalue weighted by atomic mass is 10.0. The van der Waals surface area contributed by atoms with Crippen molar-refractivity contribution >= 4 is 10.0 Å². The molecule has 0 fully saturated rings. The van der Waals surface area contributed by atoms with Gasteiger partial charge in [-0.15, -0.1) is 0 Å². The van der Waals surface area contributed by atoms with Crippen LogP contribution in [0.4, 0.5) is 0 Å². The lowest BCUT2D eigenvalue weighted by Crippen LogP contribution is -2.32. The van der Waals surface area contributed by atoms with Crippen molar-refractivity contribution in [1.82, 2.24) is 4.72 Å². The predicted octanol–water partition coefficient (Wildman–Crippen LogP) is 4.52. The van der Waals surface area contributed by atoms with Gasteiger partial charge in [0, 0.05) is 6.04 Å². The second-order valence-corrected chi connectivity index (χ2v) is 8.31. The van der Waals surface area contributed by atoms with Crippen LogP contribution in [0.3, 0.4) is 0 Å². The van der Waals surface area contributed by atoms with Crippen LogP contribution >= 0.6 is 0 Å². The van der Waals surface area contributed by atoms with Crippen molar-refractivity contribution in [2.45, 2.75) is 77.2 Å². The lowest BCUT2D eigenvalue weighted by Gasteiger charge is -2.15. The van der Waals surface area contributed by atoms with E-state index in [0.717, 1.165) is 38.5 Å². The Morgan fingerprint density at radius 2 is 1.64 bits per heavy atom. The highest BCUT2D eigenvalue weighted by molar-refractivity contribution is 7.89. The number of sulfonamides is 1. The van der Waals surface area contributed by atoms with Crippen molar-refractivity contribution < 1.29 is 8.42 Å². The number of hydrogen-bond acceptors (Lipinski definition) is 2. The van der Waals surface area contributed by atoms with Gasteiger partial charge < -0.3 is 0 Å².